The lowest BCUT2D eigenvalue weighted by Crippen LogP contribution is -2.43. The predicted octanol–water partition coefficient (Wildman–Crippen LogP) is 0.444. The van der Waals surface area contributed by atoms with Gasteiger partial charge in [-0.15, -0.1) is 0 Å². The monoisotopic (exact) mass is 227 g/mol. The zero-order chi connectivity index (χ0) is 12.0. The Labute approximate surface area is 98.8 Å². The van der Waals surface area contributed by atoms with Crippen LogP contribution in [0.4, 0.5) is 0 Å². The third-order valence-electron chi connectivity index (χ3n) is 3.64. The van der Waals surface area contributed by atoms with Crippen LogP contribution in [0.15, 0.2) is 0 Å². The largest absolute Gasteiger partial charge is 0.345 e. The highest BCUT2D eigenvalue weighted by Crippen LogP contribution is 2.31. The number of hydrogen-bond acceptors (Lipinski definition) is 3. The van der Waals surface area contributed by atoms with E-state index in [2.05, 4.69) is 17.6 Å². The van der Waals surface area contributed by atoms with Crippen LogP contribution in [0, 0.1) is 5.41 Å². The fourth-order valence-electron chi connectivity index (χ4n) is 2.38. The molecule has 1 amide bonds. The molecule has 0 aromatic heterocycles. The third kappa shape index (κ3) is 2.95. The fourth-order valence-corrected chi connectivity index (χ4v) is 2.38. The molecule has 94 valence electrons. The molecule has 2 N–H and O–H groups in total. The molecule has 0 bridgehead atoms. The quantitative estimate of drug-likeness (QED) is 0.647. The van der Waals surface area contributed by atoms with Gasteiger partial charge in [0.15, 0.2) is 0 Å². The van der Waals surface area contributed by atoms with Gasteiger partial charge in [0.1, 0.15) is 0 Å². The van der Waals surface area contributed by atoms with Crippen molar-refractivity contribution in [2.24, 2.45) is 5.41 Å². The SMILES string of the molecule is CCC1(C(=O)N(C)CCCNC)CCNC1. The number of nitrogens with one attached hydrogen (secondary N) is 2. The van der Waals surface area contributed by atoms with Gasteiger partial charge >= 0.3 is 0 Å². The summed E-state index contributed by atoms with van der Waals surface area (Å²) in [6, 6.07) is 0. The number of carbonyl (C=O) groups is 1. The predicted molar refractivity (Wildman–Crippen MR) is 66.4 cm³/mol. The lowest BCUT2D eigenvalue weighted by Gasteiger charge is -2.30. The normalized spacial score (nSPS) is 24.7. The molecule has 0 aromatic rings. The van der Waals surface area contributed by atoms with E-state index in [4.69, 9.17) is 0 Å². The Balaban J connectivity index is 2.47. The molecule has 1 aliphatic heterocycles. The van der Waals surface area contributed by atoms with Crippen molar-refractivity contribution < 1.29 is 4.79 Å². The van der Waals surface area contributed by atoms with Crippen LogP contribution in [0.1, 0.15) is 26.2 Å². The maximum atomic E-state index is 12.4. The van der Waals surface area contributed by atoms with E-state index in [9.17, 15) is 4.79 Å². The molecular weight excluding hydrogens is 202 g/mol. The molecule has 0 saturated carbocycles. The molecule has 1 atom stereocenters. The van der Waals surface area contributed by atoms with Gasteiger partial charge in [0.2, 0.25) is 5.91 Å². The van der Waals surface area contributed by atoms with E-state index in [1.54, 1.807) is 0 Å². The van der Waals surface area contributed by atoms with Gasteiger partial charge in [0, 0.05) is 20.1 Å². The van der Waals surface area contributed by atoms with E-state index in [1.165, 1.54) is 0 Å². The topological polar surface area (TPSA) is 44.4 Å². The summed E-state index contributed by atoms with van der Waals surface area (Å²) < 4.78 is 0. The van der Waals surface area contributed by atoms with Gasteiger partial charge < -0.3 is 15.5 Å². The van der Waals surface area contributed by atoms with Crippen molar-refractivity contribution in [3.63, 3.8) is 0 Å². The molecule has 0 radical (unpaired) electrons. The lowest BCUT2D eigenvalue weighted by molar-refractivity contribution is -0.140. The Morgan fingerprint density at radius 1 is 1.56 bits per heavy atom. The van der Waals surface area contributed by atoms with Crippen molar-refractivity contribution >= 4 is 5.91 Å². The molecule has 1 fully saturated rings. The average Bonchev–Trinajstić information content (AvgIpc) is 2.78. The van der Waals surface area contributed by atoms with Crippen LogP contribution in [0.2, 0.25) is 0 Å². The minimum Gasteiger partial charge on any atom is -0.345 e. The molecule has 1 aliphatic rings. The second kappa shape index (κ2) is 6.21. The summed E-state index contributed by atoms with van der Waals surface area (Å²) >= 11 is 0. The fraction of sp³-hybridized carbons (Fsp3) is 0.917. The Morgan fingerprint density at radius 2 is 2.31 bits per heavy atom. The lowest BCUT2D eigenvalue weighted by atomic mass is 9.83. The van der Waals surface area contributed by atoms with Gasteiger partial charge in [0.05, 0.1) is 5.41 Å². The van der Waals surface area contributed by atoms with Gasteiger partial charge in [-0.1, -0.05) is 6.92 Å². The summed E-state index contributed by atoms with van der Waals surface area (Å²) in [5.41, 5.74) is -0.131. The number of rotatable bonds is 6. The molecule has 1 heterocycles. The Kier molecular flexibility index (Phi) is 5.22. The summed E-state index contributed by atoms with van der Waals surface area (Å²) in [4.78, 5) is 14.3. The number of hydrogen-bond donors (Lipinski definition) is 2. The van der Waals surface area contributed by atoms with E-state index in [1.807, 2.05) is 19.0 Å². The molecular formula is C12H25N3O. The molecule has 4 nitrogen and oxygen atoms in total. The average molecular weight is 227 g/mol. The van der Waals surface area contributed by atoms with Crippen molar-refractivity contribution in [3.05, 3.63) is 0 Å². The summed E-state index contributed by atoms with van der Waals surface area (Å²) in [5, 5.41) is 6.41. The van der Waals surface area contributed by atoms with Gasteiger partial charge in [-0.2, -0.15) is 0 Å². The summed E-state index contributed by atoms with van der Waals surface area (Å²) in [6.07, 6.45) is 2.94. The van der Waals surface area contributed by atoms with Crippen LogP contribution in [0.3, 0.4) is 0 Å². The number of amides is 1. The van der Waals surface area contributed by atoms with Crippen LogP contribution in [-0.2, 0) is 4.79 Å². The molecule has 0 spiro atoms. The summed E-state index contributed by atoms with van der Waals surface area (Å²) in [5.74, 6) is 0.316. The Bertz CT molecular complexity index is 224. The van der Waals surface area contributed by atoms with Crippen molar-refractivity contribution in [1.29, 1.82) is 0 Å². The molecule has 1 saturated heterocycles. The second-order valence-electron chi connectivity index (χ2n) is 4.74. The van der Waals surface area contributed by atoms with Crippen LogP contribution < -0.4 is 10.6 Å². The molecule has 4 heteroatoms. The van der Waals surface area contributed by atoms with Gasteiger partial charge in [-0.05, 0) is 39.4 Å². The van der Waals surface area contributed by atoms with Crippen LogP contribution in [0.25, 0.3) is 0 Å². The molecule has 1 rings (SSSR count). The van der Waals surface area contributed by atoms with Crippen molar-refractivity contribution in [2.75, 3.05) is 40.3 Å². The zero-order valence-electron chi connectivity index (χ0n) is 10.8. The first-order valence-corrected chi connectivity index (χ1v) is 6.27. The van der Waals surface area contributed by atoms with E-state index in [0.717, 1.165) is 45.4 Å². The number of nitrogens with zero attached hydrogens (tertiary/aromatic N) is 1. The smallest absolute Gasteiger partial charge is 0.229 e. The van der Waals surface area contributed by atoms with Crippen LogP contribution in [-0.4, -0.2) is 51.1 Å². The van der Waals surface area contributed by atoms with Crippen LogP contribution >= 0.6 is 0 Å². The van der Waals surface area contributed by atoms with Crippen molar-refractivity contribution in [2.45, 2.75) is 26.2 Å². The zero-order valence-corrected chi connectivity index (χ0v) is 10.8. The minimum atomic E-state index is -0.131. The van der Waals surface area contributed by atoms with Crippen molar-refractivity contribution in [3.8, 4) is 0 Å². The van der Waals surface area contributed by atoms with Gasteiger partial charge in [0.25, 0.3) is 0 Å². The van der Waals surface area contributed by atoms with Crippen LogP contribution in [0.5, 0.6) is 0 Å². The molecule has 1 unspecified atom stereocenters. The van der Waals surface area contributed by atoms with E-state index in [0.29, 0.717) is 5.91 Å². The van der Waals surface area contributed by atoms with E-state index < -0.39 is 0 Å². The van der Waals surface area contributed by atoms with Gasteiger partial charge in [-0.25, -0.2) is 0 Å². The first-order valence-electron chi connectivity index (χ1n) is 6.27. The third-order valence-corrected chi connectivity index (χ3v) is 3.64. The Hall–Kier alpha value is -0.610. The summed E-state index contributed by atoms with van der Waals surface area (Å²) in [6.45, 7) is 5.76. The van der Waals surface area contributed by atoms with E-state index in [-0.39, 0.29) is 5.41 Å². The second-order valence-corrected chi connectivity index (χ2v) is 4.74. The highest BCUT2D eigenvalue weighted by molar-refractivity contribution is 5.83. The molecule has 16 heavy (non-hydrogen) atoms. The molecule has 0 aromatic carbocycles. The highest BCUT2D eigenvalue weighted by atomic mass is 16.2. The van der Waals surface area contributed by atoms with E-state index >= 15 is 0 Å². The first kappa shape index (κ1) is 13.5. The molecule has 0 aliphatic carbocycles. The van der Waals surface area contributed by atoms with Crippen molar-refractivity contribution in [1.82, 2.24) is 15.5 Å². The maximum Gasteiger partial charge on any atom is 0.229 e. The highest BCUT2D eigenvalue weighted by Gasteiger charge is 2.40. The summed E-state index contributed by atoms with van der Waals surface area (Å²) in [7, 11) is 3.87. The minimum absolute atomic E-state index is 0.131. The standard InChI is InChI=1S/C12H25N3O/c1-4-12(6-8-14-10-12)11(16)15(3)9-5-7-13-2/h13-14H,4-10H2,1-3H3. The number of carbonyl (C=O) groups excluding carboxylic acids is 1. The maximum absolute atomic E-state index is 12.4. The Morgan fingerprint density at radius 3 is 2.81 bits per heavy atom. The van der Waals surface area contributed by atoms with Gasteiger partial charge in [-0.3, -0.25) is 4.79 Å². The first-order chi connectivity index (χ1) is 7.66.